The van der Waals surface area contributed by atoms with Gasteiger partial charge >= 0.3 is 5.97 Å². The molecule has 0 saturated carbocycles. The standard InChI is InChI=1S/C15H18N2O3/c1-20-15(19)13-8-7-12(10-16-13)14(18)17-9-11-5-3-2-4-6-11/h2-3,7-8,10-11H,4-6,9H2,1H3,(H,17,18)/t11-/m1/s1. The van der Waals surface area contributed by atoms with Gasteiger partial charge in [0.1, 0.15) is 5.69 Å². The number of hydrogen-bond donors (Lipinski definition) is 1. The van der Waals surface area contributed by atoms with E-state index in [-0.39, 0.29) is 11.6 Å². The molecule has 0 unspecified atom stereocenters. The molecule has 0 spiro atoms. The van der Waals surface area contributed by atoms with Crippen LogP contribution < -0.4 is 5.32 Å². The molecule has 1 aromatic rings. The van der Waals surface area contributed by atoms with Crippen molar-refractivity contribution in [2.24, 2.45) is 5.92 Å². The van der Waals surface area contributed by atoms with Gasteiger partial charge < -0.3 is 10.1 Å². The van der Waals surface area contributed by atoms with Crippen molar-refractivity contribution < 1.29 is 14.3 Å². The summed E-state index contributed by atoms with van der Waals surface area (Å²) in [4.78, 5) is 27.1. The zero-order valence-corrected chi connectivity index (χ0v) is 11.5. The molecule has 0 bridgehead atoms. The molecule has 0 aliphatic heterocycles. The van der Waals surface area contributed by atoms with Crippen molar-refractivity contribution in [3.05, 3.63) is 41.7 Å². The van der Waals surface area contributed by atoms with E-state index in [1.54, 1.807) is 6.07 Å². The molecule has 1 atom stereocenters. The second-order valence-electron chi connectivity index (χ2n) is 4.78. The lowest BCUT2D eigenvalue weighted by molar-refractivity contribution is 0.0593. The average Bonchev–Trinajstić information content (AvgIpc) is 2.53. The zero-order chi connectivity index (χ0) is 14.4. The van der Waals surface area contributed by atoms with Crippen LogP contribution in [0, 0.1) is 5.92 Å². The van der Waals surface area contributed by atoms with Crippen LogP contribution in [-0.2, 0) is 4.74 Å². The normalized spacial score (nSPS) is 17.6. The molecule has 1 amide bonds. The van der Waals surface area contributed by atoms with Crippen molar-refractivity contribution in [2.45, 2.75) is 19.3 Å². The van der Waals surface area contributed by atoms with E-state index in [1.165, 1.54) is 19.4 Å². The Bertz CT molecular complexity index is 508. The van der Waals surface area contributed by atoms with Gasteiger partial charge in [0.05, 0.1) is 12.7 Å². The smallest absolute Gasteiger partial charge is 0.356 e. The maximum Gasteiger partial charge on any atom is 0.356 e. The van der Waals surface area contributed by atoms with E-state index < -0.39 is 5.97 Å². The molecule has 106 valence electrons. The summed E-state index contributed by atoms with van der Waals surface area (Å²) >= 11 is 0. The molecular formula is C15H18N2O3. The number of carbonyl (C=O) groups excluding carboxylic acids is 2. The van der Waals surface area contributed by atoms with E-state index in [1.807, 2.05) is 0 Å². The van der Waals surface area contributed by atoms with E-state index in [2.05, 4.69) is 27.2 Å². The highest BCUT2D eigenvalue weighted by atomic mass is 16.5. The number of hydrogen-bond acceptors (Lipinski definition) is 4. The second-order valence-corrected chi connectivity index (χ2v) is 4.78. The van der Waals surface area contributed by atoms with Crippen molar-refractivity contribution in [3.63, 3.8) is 0 Å². The van der Waals surface area contributed by atoms with Gasteiger partial charge in [-0.15, -0.1) is 0 Å². The Kier molecular flexibility index (Phi) is 4.87. The number of methoxy groups -OCH3 is 1. The average molecular weight is 274 g/mol. The van der Waals surface area contributed by atoms with Crippen LogP contribution in [0.15, 0.2) is 30.5 Å². The van der Waals surface area contributed by atoms with Crippen molar-refractivity contribution in [3.8, 4) is 0 Å². The van der Waals surface area contributed by atoms with Crippen LogP contribution in [0.1, 0.15) is 40.1 Å². The Morgan fingerprint density at radius 2 is 2.25 bits per heavy atom. The van der Waals surface area contributed by atoms with Gasteiger partial charge in [-0.3, -0.25) is 4.79 Å². The Morgan fingerprint density at radius 3 is 2.85 bits per heavy atom. The molecule has 20 heavy (non-hydrogen) atoms. The molecule has 1 aliphatic carbocycles. The third kappa shape index (κ3) is 3.66. The molecule has 5 nitrogen and oxygen atoms in total. The first-order chi connectivity index (χ1) is 9.70. The fraction of sp³-hybridized carbons (Fsp3) is 0.400. The van der Waals surface area contributed by atoms with E-state index in [4.69, 9.17) is 0 Å². The Hall–Kier alpha value is -2.17. The lowest BCUT2D eigenvalue weighted by Crippen LogP contribution is -2.29. The summed E-state index contributed by atoms with van der Waals surface area (Å²) < 4.78 is 4.56. The molecule has 2 rings (SSSR count). The Balaban J connectivity index is 1.88. The minimum Gasteiger partial charge on any atom is -0.464 e. The third-order valence-corrected chi connectivity index (χ3v) is 3.35. The summed E-state index contributed by atoms with van der Waals surface area (Å²) in [6.45, 7) is 0.669. The summed E-state index contributed by atoms with van der Waals surface area (Å²) in [5.41, 5.74) is 0.644. The molecule has 0 radical (unpaired) electrons. The second kappa shape index (κ2) is 6.84. The number of carbonyl (C=O) groups is 2. The summed E-state index contributed by atoms with van der Waals surface area (Å²) in [6.07, 6.45) is 8.93. The number of rotatable bonds is 4. The minimum absolute atomic E-state index is 0.163. The molecule has 1 aromatic heterocycles. The fourth-order valence-electron chi connectivity index (χ4n) is 2.13. The highest BCUT2D eigenvalue weighted by molar-refractivity contribution is 5.95. The van der Waals surface area contributed by atoms with Crippen molar-refractivity contribution in [2.75, 3.05) is 13.7 Å². The molecule has 1 aliphatic rings. The monoisotopic (exact) mass is 274 g/mol. The number of esters is 1. The topological polar surface area (TPSA) is 68.3 Å². The number of aromatic nitrogens is 1. The van der Waals surface area contributed by atoms with Crippen molar-refractivity contribution in [1.29, 1.82) is 0 Å². The van der Waals surface area contributed by atoms with Gasteiger partial charge in [0.25, 0.3) is 5.91 Å². The predicted octanol–water partition coefficient (Wildman–Crippen LogP) is 1.95. The van der Waals surface area contributed by atoms with Gasteiger partial charge in [-0.2, -0.15) is 0 Å². The van der Waals surface area contributed by atoms with Crippen LogP contribution in [0.3, 0.4) is 0 Å². The predicted molar refractivity (Wildman–Crippen MR) is 74.4 cm³/mol. The Morgan fingerprint density at radius 1 is 1.40 bits per heavy atom. The highest BCUT2D eigenvalue weighted by Gasteiger charge is 2.13. The summed E-state index contributed by atoms with van der Waals surface area (Å²) in [5.74, 6) is -0.166. The quantitative estimate of drug-likeness (QED) is 0.673. The lowest BCUT2D eigenvalue weighted by Gasteiger charge is -2.18. The maximum absolute atomic E-state index is 12.0. The molecule has 0 aromatic carbocycles. The van der Waals surface area contributed by atoms with Gasteiger partial charge in [0.15, 0.2) is 0 Å². The molecule has 1 N–H and O–H groups in total. The first-order valence-corrected chi connectivity index (χ1v) is 6.68. The fourth-order valence-corrected chi connectivity index (χ4v) is 2.13. The summed E-state index contributed by atoms with van der Waals surface area (Å²) in [5, 5.41) is 2.90. The first-order valence-electron chi connectivity index (χ1n) is 6.68. The van der Waals surface area contributed by atoms with Crippen molar-refractivity contribution >= 4 is 11.9 Å². The van der Waals surface area contributed by atoms with E-state index in [0.717, 1.165) is 19.3 Å². The lowest BCUT2D eigenvalue weighted by atomic mass is 9.94. The highest BCUT2D eigenvalue weighted by Crippen LogP contribution is 2.17. The van der Waals surface area contributed by atoms with E-state index in [9.17, 15) is 9.59 Å². The van der Waals surface area contributed by atoms with Crippen LogP contribution >= 0.6 is 0 Å². The minimum atomic E-state index is -0.508. The Labute approximate surface area is 118 Å². The summed E-state index contributed by atoms with van der Waals surface area (Å²) in [7, 11) is 1.29. The molecule has 0 fully saturated rings. The third-order valence-electron chi connectivity index (χ3n) is 3.35. The van der Waals surface area contributed by atoms with Gasteiger partial charge in [0, 0.05) is 12.7 Å². The number of nitrogens with zero attached hydrogens (tertiary/aromatic N) is 1. The SMILES string of the molecule is COC(=O)c1ccc(C(=O)NC[C@@H]2CC=CCC2)cn1. The molecule has 5 heteroatoms. The number of ether oxygens (including phenoxy) is 1. The van der Waals surface area contributed by atoms with Crippen LogP contribution in [0.25, 0.3) is 0 Å². The van der Waals surface area contributed by atoms with Crippen LogP contribution in [-0.4, -0.2) is 30.5 Å². The van der Waals surface area contributed by atoms with E-state index in [0.29, 0.717) is 18.0 Å². The zero-order valence-electron chi connectivity index (χ0n) is 11.5. The van der Waals surface area contributed by atoms with Crippen LogP contribution in [0.2, 0.25) is 0 Å². The number of amides is 1. The van der Waals surface area contributed by atoms with E-state index >= 15 is 0 Å². The van der Waals surface area contributed by atoms with Gasteiger partial charge in [-0.25, -0.2) is 9.78 Å². The van der Waals surface area contributed by atoms with Crippen molar-refractivity contribution in [1.82, 2.24) is 10.3 Å². The number of nitrogens with one attached hydrogen (secondary N) is 1. The maximum atomic E-state index is 12.0. The van der Waals surface area contributed by atoms with Gasteiger partial charge in [-0.1, -0.05) is 12.2 Å². The van der Waals surface area contributed by atoms with Gasteiger partial charge in [0.2, 0.25) is 0 Å². The first kappa shape index (κ1) is 14.2. The van der Waals surface area contributed by atoms with Gasteiger partial charge in [-0.05, 0) is 37.3 Å². The molecule has 0 saturated heterocycles. The largest absolute Gasteiger partial charge is 0.464 e. The summed E-state index contributed by atoms with van der Waals surface area (Å²) in [6, 6.07) is 3.07. The van der Waals surface area contributed by atoms with Crippen LogP contribution in [0.5, 0.6) is 0 Å². The number of allylic oxidation sites excluding steroid dienone is 2. The molecule has 1 heterocycles. The van der Waals surface area contributed by atoms with Crippen LogP contribution in [0.4, 0.5) is 0 Å². The number of pyridine rings is 1. The molecular weight excluding hydrogens is 256 g/mol.